The van der Waals surface area contributed by atoms with Crippen LogP contribution in [0.4, 0.5) is 26.0 Å². The van der Waals surface area contributed by atoms with E-state index in [1.165, 1.54) is 6.07 Å². The third-order valence-electron chi connectivity index (χ3n) is 5.37. The lowest BCUT2D eigenvalue weighted by molar-refractivity contribution is 0.102. The van der Waals surface area contributed by atoms with Crippen LogP contribution in [0.5, 0.6) is 0 Å². The Kier molecular flexibility index (Phi) is 6.31. The summed E-state index contributed by atoms with van der Waals surface area (Å²) < 4.78 is 28.7. The van der Waals surface area contributed by atoms with Gasteiger partial charge >= 0.3 is 0 Å². The van der Waals surface area contributed by atoms with Crippen LogP contribution in [0.15, 0.2) is 73.1 Å². The lowest BCUT2D eigenvalue weighted by atomic mass is 10.1. The van der Waals surface area contributed by atoms with Gasteiger partial charge in [0.15, 0.2) is 5.82 Å². The zero-order valence-corrected chi connectivity index (χ0v) is 19.2. The molecule has 2 aromatic carbocycles. The SMILES string of the molecule is CCCc1cc(Nc2cccc(C(=O)Nc3ccc(F)cc3F)c2)n2nc(-c3cccnc3)nc2n1. The molecule has 0 fully saturated rings. The number of carbonyl (C=O) groups excluding carboxylic acids is 1. The first-order chi connectivity index (χ1) is 17.5. The normalized spacial score (nSPS) is 11.0. The van der Waals surface area contributed by atoms with Crippen LogP contribution in [0.1, 0.15) is 29.4 Å². The monoisotopic (exact) mass is 485 g/mol. The number of pyridine rings is 1. The molecule has 0 unspecified atom stereocenters. The number of nitrogens with one attached hydrogen (secondary N) is 2. The number of hydrogen-bond donors (Lipinski definition) is 2. The number of halogens is 2. The van der Waals surface area contributed by atoms with Crippen molar-refractivity contribution in [2.24, 2.45) is 0 Å². The molecular formula is C26H21F2N7O. The fourth-order valence-corrected chi connectivity index (χ4v) is 3.68. The first-order valence-corrected chi connectivity index (χ1v) is 11.3. The number of anilines is 3. The lowest BCUT2D eigenvalue weighted by Crippen LogP contribution is -2.13. The molecule has 0 saturated carbocycles. The maximum Gasteiger partial charge on any atom is 0.255 e. The van der Waals surface area contributed by atoms with Crippen LogP contribution in [0.3, 0.4) is 0 Å². The van der Waals surface area contributed by atoms with E-state index in [0.29, 0.717) is 29.2 Å². The molecule has 2 N–H and O–H groups in total. The van der Waals surface area contributed by atoms with Crippen molar-refractivity contribution in [3.8, 4) is 11.4 Å². The number of amides is 1. The summed E-state index contributed by atoms with van der Waals surface area (Å²) in [5, 5.41) is 10.4. The molecule has 5 aromatic rings. The van der Waals surface area contributed by atoms with Crippen LogP contribution in [-0.4, -0.2) is 30.5 Å². The van der Waals surface area contributed by atoms with E-state index in [9.17, 15) is 13.6 Å². The van der Waals surface area contributed by atoms with Gasteiger partial charge in [-0.05, 0) is 48.9 Å². The lowest BCUT2D eigenvalue weighted by Gasteiger charge is -2.11. The van der Waals surface area contributed by atoms with Crippen LogP contribution in [-0.2, 0) is 6.42 Å². The topological polar surface area (TPSA) is 97.1 Å². The van der Waals surface area contributed by atoms with Crippen molar-refractivity contribution in [1.82, 2.24) is 24.6 Å². The Morgan fingerprint density at radius 2 is 1.92 bits per heavy atom. The van der Waals surface area contributed by atoms with Crippen molar-refractivity contribution in [2.45, 2.75) is 19.8 Å². The smallest absolute Gasteiger partial charge is 0.255 e. The molecule has 0 bridgehead atoms. The molecule has 3 heterocycles. The number of fused-ring (bicyclic) bond motifs is 1. The van der Waals surface area contributed by atoms with E-state index in [-0.39, 0.29) is 11.3 Å². The number of benzene rings is 2. The summed E-state index contributed by atoms with van der Waals surface area (Å²) in [6.07, 6.45) is 5.02. The first kappa shape index (κ1) is 23.0. The molecule has 8 nitrogen and oxygen atoms in total. The largest absolute Gasteiger partial charge is 0.340 e. The van der Waals surface area contributed by atoms with Crippen molar-refractivity contribution in [2.75, 3.05) is 10.6 Å². The van der Waals surface area contributed by atoms with Crippen LogP contribution in [0, 0.1) is 11.6 Å². The Balaban J connectivity index is 1.46. The Labute approximate surface area is 205 Å². The number of carbonyl (C=O) groups is 1. The van der Waals surface area contributed by atoms with E-state index in [1.807, 2.05) is 18.2 Å². The van der Waals surface area contributed by atoms with Gasteiger partial charge in [0, 0.05) is 47.0 Å². The minimum absolute atomic E-state index is 0.106. The van der Waals surface area contributed by atoms with Gasteiger partial charge in [-0.1, -0.05) is 19.4 Å². The van der Waals surface area contributed by atoms with E-state index in [1.54, 1.807) is 41.2 Å². The standard InChI is InChI=1S/C26H21F2N7O/c1-2-5-19-14-23(35-26(31-19)33-24(34-35)17-7-4-11-29-15-17)30-20-8-3-6-16(12-20)25(36)32-22-10-9-18(27)13-21(22)28/h3-4,6-15,30H,2,5H2,1H3,(H,32,36). The number of hydrogen-bond acceptors (Lipinski definition) is 6. The van der Waals surface area contributed by atoms with Gasteiger partial charge in [0.25, 0.3) is 11.7 Å². The summed E-state index contributed by atoms with van der Waals surface area (Å²) in [5.41, 5.74) is 2.40. The molecule has 36 heavy (non-hydrogen) atoms. The summed E-state index contributed by atoms with van der Waals surface area (Å²) in [4.78, 5) is 26.0. The molecule has 0 radical (unpaired) electrons. The average Bonchev–Trinajstić information content (AvgIpc) is 3.31. The van der Waals surface area contributed by atoms with Crippen molar-refractivity contribution in [3.05, 3.63) is 95.9 Å². The highest BCUT2D eigenvalue weighted by atomic mass is 19.1. The molecule has 10 heteroatoms. The Hall–Kier alpha value is -4.73. The zero-order chi connectivity index (χ0) is 25.1. The highest BCUT2D eigenvalue weighted by Crippen LogP contribution is 2.23. The maximum atomic E-state index is 14.0. The van der Waals surface area contributed by atoms with Gasteiger partial charge in [-0.3, -0.25) is 9.78 Å². The fourth-order valence-electron chi connectivity index (χ4n) is 3.68. The van der Waals surface area contributed by atoms with E-state index >= 15 is 0 Å². The quantitative estimate of drug-likeness (QED) is 0.320. The van der Waals surface area contributed by atoms with E-state index in [0.717, 1.165) is 30.2 Å². The van der Waals surface area contributed by atoms with Crippen molar-refractivity contribution < 1.29 is 13.6 Å². The molecule has 5 rings (SSSR count). The number of aryl methyl sites for hydroxylation is 1. The second-order valence-electron chi connectivity index (χ2n) is 8.06. The van der Waals surface area contributed by atoms with Crippen LogP contribution in [0.2, 0.25) is 0 Å². The summed E-state index contributed by atoms with van der Waals surface area (Å²) >= 11 is 0. The number of aromatic nitrogens is 5. The van der Waals surface area contributed by atoms with Crippen LogP contribution < -0.4 is 10.6 Å². The molecule has 0 aliphatic carbocycles. The molecule has 0 aliphatic rings. The third-order valence-corrected chi connectivity index (χ3v) is 5.37. The van der Waals surface area contributed by atoms with Gasteiger partial charge in [0.1, 0.15) is 17.5 Å². The second kappa shape index (κ2) is 9.87. The van der Waals surface area contributed by atoms with E-state index in [4.69, 9.17) is 0 Å². The molecule has 0 atom stereocenters. The van der Waals surface area contributed by atoms with Gasteiger partial charge in [-0.2, -0.15) is 9.50 Å². The van der Waals surface area contributed by atoms with Crippen molar-refractivity contribution in [1.29, 1.82) is 0 Å². The molecule has 3 aromatic heterocycles. The maximum absolute atomic E-state index is 14.0. The second-order valence-corrected chi connectivity index (χ2v) is 8.06. The van der Waals surface area contributed by atoms with Gasteiger partial charge < -0.3 is 10.6 Å². The molecule has 180 valence electrons. The summed E-state index contributed by atoms with van der Waals surface area (Å²) in [6.45, 7) is 2.07. The van der Waals surface area contributed by atoms with E-state index in [2.05, 4.69) is 37.6 Å². The molecule has 0 spiro atoms. The third kappa shape index (κ3) is 4.88. The highest BCUT2D eigenvalue weighted by molar-refractivity contribution is 6.04. The minimum atomic E-state index is -0.851. The van der Waals surface area contributed by atoms with Gasteiger partial charge in [0.05, 0.1) is 5.69 Å². The molecule has 0 saturated heterocycles. The number of nitrogens with zero attached hydrogens (tertiary/aromatic N) is 5. The Morgan fingerprint density at radius 3 is 2.69 bits per heavy atom. The van der Waals surface area contributed by atoms with Crippen LogP contribution in [0.25, 0.3) is 17.2 Å². The predicted octanol–water partition coefficient (Wildman–Crippen LogP) is 5.41. The Morgan fingerprint density at radius 1 is 1.03 bits per heavy atom. The molecule has 0 aliphatic heterocycles. The van der Waals surface area contributed by atoms with Gasteiger partial charge in [0.2, 0.25) is 0 Å². The average molecular weight is 485 g/mol. The summed E-state index contributed by atoms with van der Waals surface area (Å²) in [7, 11) is 0. The van der Waals surface area contributed by atoms with Gasteiger partial charge in [-0.25, -0.2) is 13.8 Å². The van der Waals surface area contributed by atoms with Crippen molar-refractivity contribution in [3.63, 3.8) is 0 Å². The Bertz CT molecular complexity index is 1550. The fraction of sp³-hybridized carbons (Fsp3) is 0.115. The van der Waals surface area contributed by atoms with Gasteiger partial charge in [-0.15, -0.1) is 5.10 Å². The van der Waals surface area contributed by atoms with Crippen molar-refractivity contribution >= 4 is 28.9 Å². The molecular weight excluding hydrogens is 464 g/mol. The summed E-state index contributed by atoms with van der Waals surface area (Å²) in [6, 6.07) is 15.3. The first-order valence-electron chi connectivity index (χ1n) is 11.3. The van der Waals surface area contributed by atoms with Crippen LogP contribution >= 0.6 is 0 Å². The highest BCUT2D eigenvalue weighted by Gasteiger charge is 2.15. The predicted molar refractivity (Wildman–Crippen MR) is 132 cm³/mol. The zero-order valence-electron chi connectivity index (χ0n) is 19.2. The number of rotatable bonds is 7. The minimum Gasteiger partial charge on any atom is -0.340 e. The summed E-state index contributed by atoms with van der Waals surface area (Å²) in [5.74, 6) is -0.563. The van der Waals surface area contributed by atoms with E-state index < -0.39 is 17.5 Å². The molecule has 1 amide bonds.